The molecule has 0 fully saturated rings. The minimum atomic E-state index is -0.994. The van der Waals surface area contributed by atoms with E-state index in [2.05, 4.69) is 9.97 Å². The summed E-state index contributed by atoms with van der Waals surface area (Å²) in [6, 6.07) is 6.29. The van der Waals surface area contributed by atoms with Crippen LogP contribution < -0.4 is 0 Å². The largest absolute Gasteiger partial charge is 0.481 e. The molecule has 0 aliphatic heterocycles. The quantitative estimate of drug-likeness (QED) is 0.792. The van der Waals surface area contributed by atoms with Crippen LogP contribution in [0.1, 0.15) is 5.69 Å². The minimum absolute atomic E-state index is 0.234. The van der Waals surface area contributed by atoms with E-state index >= 15 is 0 Å². The van der Waals surface area contributed by atoms with Gasteiger partial charge in [0.15, 0.2) is 0 Å². The topological polar surface area (TPSA) is 67.5 Å². The van der Waals surface area contributed by atoms with Gasteiger partial charge in [-0.1, -0.05) is 0 Å². The number of rotatable bonds is 3. The molecule has 0 unspecified atom stereocenters. The van der Waals surface area contributed by atoms with Crippen molar-refractivity contribution < 1.29 is 14.3 Å². The van der Waals surface area contributed by atoms with Crippen LogP contribution >= 0.6 is 0 Å². The Hall–Kier alpha value is -2.76. The Balaban J connectivity index is 2.28. The first-order valence-electron chi connectivity index (χ1n) is 5.94. The van der Waals surface area contributed by atoms with Crippen molar-refractivity contribution >= 4 is 11.6 Å². The van der Waals surface area contributed by atoms with Gasteiger partial charge in [-0.05, 0) is 24.3 Å². The number of aromatic nitrogens is 3. The molecule has 1 N–H and O–H groups in total. The number of aliphatic carboxylic acids is 1. The molecule has 0 radical (unpaired) electrons. The summed E-state index contributed by atoms with van der Waals surface area (Å²) in [6.07, 6.45) is 4.21. The van der Waals surface area contributed by atoms with Gasteiger partial charge in [-0.2, -0.15) is 0 Å². The van der Waals surface area contributed by atoms with Gasteiger partial charge in [0.05, 0.1) is 17.8 Å². The number of imidazole rings is 1. The number of pyridine rings is 2. The maximum absolute atomic E-state index is 13.4. The van der Waals surface area contributed by atoms with Crippen molar-refractivity contribution in [2.75, 3.05) is 0 Å². The Kier molecular flexibility index (Phi) is 2.90. The molecule has 3 aromatic heterocycles. The van der Waals surface area contributed by atoms with Gasteiger partial charge in [-0.25, -0.2) is 9.37 Å². The standard InChI is InChI=1S/C14H10FN3O2/c15-10-1-2-12-17-14(9-3-5-16-6-4-9)11(7-13(19)20)18(12)8-10/h1-6,8H,7H2,(H,19,20). The molecule has 6 heteroatoms. The first-order chi connectivity index (χ1) is 9.65. The summed E-state index contributed by atoms with van der Waals surface area (Å²) in [5, 5.41) is 9.04. The molecule has 0 saturated carbocycles. The van der Waals surface area contributed by atoms with Crippen LogP contribution in [-0.4, -0.2) is 25.4 Å². The van der Waals surface area contributed by atoms with Crippen molar-refractivity contribution in [1.29, 1.82) is 0 Å². The summed E-state index contributed by atoms with van der Waals surface area (Å²) in [4.78, 5) is 19.3. The highest BCUT2D eigenvalue weighted by atomic mass is 19.1. The monoisotopic (exact) mass is 271 g/mol. The third kappa shape index (κ3) is 2.11. The van der Waals surface area contributed by atoms with Crippen molar-refractivity contribution in [2.24, 2.45) is 0 Å². The van der Waals surface area contributed by atoms with Gasteiger partial charge < -0.3 is 5.11 Å². The normalized spacial score (nSPS) is 10.8. The predicted molar refractivity (Wildman–Crippen MR) is 69.7 cm³/mol. The van der Waals surface area contributed by atoms with Gasteiger partial charge in [0.25, 0.3) is 0 Å². The van der Waals surface area contributed by atoms with E-state index in [1.807, 2.05) is 0 Å². The van der Waals surface area contributed by atoms with Crippen LogP contribution in [0, 0.1) is 5.82 Å². The fourth-order valence-electron chi connectivity index (χ4n) is 2.12. The Morgan fingerprint density at radius 1 is 1.25 bits per heavy atom. The van der Waals surface area contributed by atoms with Crippen molar-refractivity contribution in [3.05, 3.63) is 54.4 Å². The Labute approximate surface area is 113 Å². The summed E-state index contributed by atoms with van der Waals surface area (Å²) in [7, 11) is 0. The molecule has 5 nitrogen and oxygen atoms in total. The Bertz CT molecular complexity index is 784. The number of hydrogen-bond donors (Lipinski definition) is 1. The molecule has 20 heavy (non-hydrogen) atoms. The highest BCUT2D eigenvalue weighted by Crippen LogP contribution is 2.24. The molecule has 0 amide bonds. The fraction of sp³-hybridized carbons (Fsp3) is 0.0714. The highest BCUT2D eigenvalue weighted by Gasteiger charge is 2.16. The predicted octanol–water partition coefficient (Wildman–Crippen LogP) is 2.16. The number of carboxylic acids is 1. The zero-order valence-corrected chi connectivity index (χ0v) is 10.3. The van der Waals surface area contributed by atoms with E-state index < -0.39 is 11.8 Å². The molecule has 100 valence electrons. The molecule has 0 bridgehead atoms. The molecular weight excluding hydrogens is 261 g/mol. The third-order valence-corrected chi connectivity index (χ3v) is 2.95. The number of carbonyl (C=O) groups is 1. The lowest BCUT2D eigenvalue weighted by Gasteiger charge is -2.02. The van der Waals surface area contributed by atoms with Gasteiger partial charge in [-0.15, -0.1) is 0 Å². The van der Waals surface area contributed by atoms with Crippen molar-refractivity contribution in [2.45, 2.75) is 6.42 Å². The van der Waals surface area contributed by atoms with Crippen LogP contribution in [0.15, 0.2) is 42.9 Å². The van der Waals surface area contributed by atoms with Crippen molar-refractivity contribution in [1.82, 2.24) is 14.4 Å². The number of fused-ring (bicyclic) bond motifs is 1. The lowest BCUT2D eigenvalue weighted by molar-refractivity contribution is -0.136. The Morgan fingerprint density at radius 2 is 2.00 bits per heavy atom. The average Bonchev–Trinajstić information content (AvgIpc) is 2.77. The zero-order valence-electron chi connectivity index (χ0n) is 10.3. The molecule has 3 aromatic rings. The SMILES string of the molecule is O=C(O)Cc1c(-c2ccncc2)nc2ccc(F)cn12. The summed E-state index contributed by atoms with van der Waals surface area (Å²) in [6.45, 7) is 0. The van der Waals surface area contributed by atoms with Crippen LogP contribution in [0.5, 0.6) is 0 Å². The van der Waals surface area contributed by atoms with E-state index in [1.165, 1.54) is 22.7 Å². The number of nitrogens with zero attached hydrogens (tertiary/aromatic N) is 3. The Morgan fingerprint density at radius 3 is 2.70 bits per heavy atom. The van der Waals surface area contributed by atoms with E-state index in [1.54, 1.807) is 24.5 Å². The lowest BCUT2D eigenvalue weighted by Crippen LogP contribution is -2.05. The lowest BCUT2D eigenvalue weighted by atomic mass is 10.1. The number of hydrogen-bond acceptors (Lipinski definition) is 3. The first kappa shape index (κ1) is 12.3. The summed E-state index contributed by atoms with van der Waals surface area (Å²) < 4.78 is 14.8. The third-order valence-electron chi connectivity index (χ3n) is 2.95. The highest BCUT2D eigenvalue weighted by molar-refractivity contribution is 5.75. The van der Waals surface area contributed by atoms with Crippen LogP contribution in [0.4, 0.5) is 4.39 Å². The fourth-order valence-corrected chi connectivity index (χ4v) is 2.12. The van der Waals surface area contributed by atoms with Gasteiger partial charge in [0.2, 0.25) is 0 Å². The van der Waals surface area contributed by atoms with E-state index in [4.69, 9.17) is 5.11 Å². The zero-order chi connectivity index (χ0) is 14.1. The van der Waals surface area contributed by atoms with Gasteiger partial charge in [0.1, 0.15) is 11.5 Å². The summed E-state index contributed by atoms with van der Waals surface area (Å²) >= 11 is 0. The molecule has 0 saturated heterocycles. The van der Waals surface area contributed by atoms with E-state index in [0.29, 0.717) is 17.0 Å². The minimum Gasteiger partial charge on any atom is -0.481 e. The second-order valence-electron chi connectivity index (χ2n) is 4.29. The number of carboxylic acid groups (broad SMARTS) is 1. The van der Waals surface area contributed by atoms with Gasteiger partial charge in [0, 0.05) is 24.2 Å². The van der Waals surface area contributed by atoms with E-state index in [0.717, 1.165) is 5.56 Å². The van der Waals surface area contributed by atoms with Gasteiger partial charge >= 0.3 is 5.97 Å². The van der Waals surface area contributed by atoms with Crippen molar-refractivity contribution in [3.63, 3.8) is 0 Å². The second-order valence-corrected chi connectivity index (χ2v) is 4.29. The molecule has 3 rings (SSSR count). The summed E-state index contributed by atoms with van der Waals surface area (Å²) in [5.74, 6) is -1.44. The van der Waals surface area contributed by atoms with Crippen LogP contribution in [0.3, 0.4) is 0 Å². The van der Waals surface area contributed by atoms with Crippen LogP contribution in [0.25, 0.3) is 16.9 Å². The van der Waals surface area contributed by atoms with Crippen LogP contribution in [0.2, 0.25) is 0 Å². The average molecular weight is 271 g/mol. The molecule has 0 aromatic carbocycles. The molecule has 0 aliphatic rings. The summed E-state index contributed by atoms with van der Waals surface area (Å²) in [5.41, 5.74) is 2.23. The van der Waals surface area contributed by atoms with Gasteiger partial charge in [-0.3, -0.25) is 14.2 Å². The maximum Gasteiger partial charge on any atom is 0.309 e. The molecule has 0 aliphatic carbocycles. The van der Waals surface area contributed by atoms with E-state index in [9.17, 15) is 9.18 Å². The smallest absolute Gasteiger partial charge is 0.309 e. The molecule has 3 heterocycles. The molecular formula is C14H10FN3O2. The van der Waals surface area contributed by atoms with Crippen LogP contribution in [-0.2, 0) is 11.2 Å². The maximum atomic E-state index is 13.4. The molecule has 0 atom stereocenters. The van der Waals surface area contributed by atoms with Crippen molar-refractivity contribution in [3.8, 4) is 11.3 Å². The molecule has 0 spiro atoms. The first-order valence-corrected chi connectivity index (χ1v) is 5.94. The van der Waals surface area contributed by atoms with E-state index in [-0.39, 0.29) is 6.42 Å². The second kappa shape index (κ2) is 4.73. The number of halogens is 1.